The van der Waals surface area contributed by atoms with E-state index < -0.39 is 0 Å². The van der Waals surface area contributed by atoms with Gasteiger partial charge in [-0.3, -0.25) is 4.90 Å². The van der Waals surface area contributed by atoms with E-state index in [0.717, 1.165) is 45.7 Å². The summed E-state index contributed by atoms with van der Waals surface area (Å²) in [5.41, 5.74) is 8.83. The molecule has 0 bridgehead atoms. The van der Waals surface area contributed by atoms with Gasteiger partial charge in [0.25, 0.3) is 0 Å². The van der Waals surface area contributed by atoms with Gasteiger partial charge in [0.1, 0.15) is 0 Å². The number of nitrogens with zero attached hydrogens (tertiary/aromatic N) is 1. The summed E-state index contributed by atoms with van der Waals surface area (Å²) in [6.07, 6.45) is 2.17. The molecule has 0 aliphatic carbocycles. The minimum absolute atomic E-state index is 0.488. The van der Waals surface area contributed by atoms with Crippen molar-refractivity contribution in [1.82, 2.24) is 4.90 Å². The molecule has 0 saturated heterocycles. The first-order valence-corrected chi connectivity index (χ1v) is 6.93. The van der Waals surface area contributed by atoms with Gasteiger partial charge in [-0.25, -0.2) is 0 Å². The van der Waals surface area contributed by atoms with Crippen LogP contribution in [0.3, 0.4) is 0 Å². The van der Waals surface area contributed by atoms with E-state index in [1.165, 1.54) is 11.1 Å². The molecular formula is C15H24N2O. The van der Waals surface area contributed by atoms with E-state index in [0.29, 0.717) is 6.04 Å². The SMILES string of the molecule is CCOCCCN1Cc2ccccc2CC1CN. The Morgan fingerprint density at radius 2 is 2.11 bits per heavy atom. The Kier molecular flexibility index (Phi) is 5.17. The highest BCUT2D eigenvalue weighted by atomic mass is 16.5. The topological polar surface area (TPSA) is 38.5 Å². The molecule has 3 nitrogen and oxygen atoms in total. The van der Waals surface area contributed by atoms with Gasteiger partial charge in [-0.15, -0.1) is 0 Å². The molecular weight excluding hydrogens is 224 g/mol. The van der Waals surface area contributed by atoms with Gasteiger partial charge in [-0.2, -0.15) is 0 Å². The first-order valence-electron chi connectivity index (χ1n) is 6.93. The van der Waals surface area contributed by atoms with Crippen molar-refractivity contribution in [2.75, 3.05) is 26.3 Å². The second kappa shape index (κ2) is 6.88. The van der Waals surface area contributed by atoms with Crippen LogP contribution in [0.25, 0.3) is 0 Å². The molecule has 100 valence electrons. The van der Waals surface area contributed by atoms with Gasteiger partial charge in [-0.05, 0) is 30.9 Å². The largest absolute Gasteiger partial charge is 0.382 e. The highest BCUT2D eigenvalue weighted by Gasteiger charge is 2.24. The predicted octanol–water partition coefficient (Wildman–Crippen LogP) is 1.80. The van der Waals surface area contributed by atoms with E-state index in [9.17, 15) is 0 Å². The molecule has 2 N–H and O–H groups in total. The van der Waals surface area contributed by atoms with Crippen LogP contribution in [0.1, 0.15) is 24.5 Å². The number of rotatable bonds is 6. The monoisotopic (exact) mass is 248 g/mol. The lowest BCUT2D eigenvalue weighted by Gasteiger charge is -2.36. The summed E-state index contributed by atoms with van der Waals surface area (Å²) in [6.45, 7) is 6.55. The fraction of sp³-hybridized carbons (Fsp3) is 0.600. The minimum Gasteiger partial charge on any atom is -0.382 e. The van der Waals surface area contributed by atoms with Crippen LogP contribution < -0.4 is 5.73 Å². The third-order valence-electron chi connectivity index (χ3n) is 3.67. The molecule has 1 aromatic carbocycles. The van der Waals surface area contributed by atoms with Crippen molar-refractivity contribution in [3.63, 3.8) is 0 Å². The Morgan fingerprint density at radius 3 is 2.83 bits per heavy atom. The number of fused-ring (bicyclic) bond motifs is 1. The zero-order valence-corrected chi connectivity index (χ0v) is 11.3. The van der Waals surface area contributed by atoms with Crippen LogP contribution in [0, 0.1) is 0 Å². The number of ether oxygens (including phenoxy) is 1. The lowest BCUT2D eigenvalue weighted by Crippen LogP contribution is -2.45. The fourth-order valence-electron chi connectivity index (χ4n) is 2.65. The third-order valence-corrected chi connectivity index (χ3v) is 3.67. The average Bonchev–Trinajstić information content (AvgIpc) is 2.42. The summed E-state index contributed by atoms with van der Waals surface area (Å²) in [7, 11) is 0. The van der Waals surface area contributed by atoms with Crippen molar-refractivity contribution in [3.05, 3.63) is 35.4 Å². The molecule has 18 heavy (non-hydrogen) atoms. The van der Waals surface area contributed by atoms with Crippen molar-refractivity contribution in [1.29, 1.82) is 0 Å². The van der Waals surface area contributed by atoms with Crippen LogP contribution in [0.4, 0.5) is 0 Å². The van der Waals surface area contributed by atoms with E-state index in [-0.39, 0.29) is 0 Å². The quantitative estimate of drug-likeness (QED) is 0.780. The molecule has 0 saturated carbocycles. The molecule has 1 atom stereocenters. The molecule has 1 aliphatic rings. The molecule has 0 amide bonds. The van der Waals surface area contributed by atoms with Gasteiger partial charge in [0.15, 0.2) is 0 Å². The molecule has 1 heterocycles. The van der Waals surface area contributed by atoms with E-state index in [4.69, 9.17) is 10.5 Å². The summed E-state index contributed by atoms with van der Waals surface area (Å²) in [4.78, 5) is 2.50. The van der Waals surface area contributed by atoms with Crippen molar-refractivity contribution >= 4 is 0 Å². The number of nitrogens with two attached hydrogens (primary N) is 1. The second-order valence-corrected chi connectivity index (χ2v) is 4.88. The predicted molar refractivity (Wildman–Crippen MR) is 74.5 cm³/mol. The highest BCUT2D eigenvalue weighted by molar-refractivity contribution is 5.30. The van der Waals surface area contributed by atoms with E-state index in [2.05, 4.69) is 29.2 Å². The van der Waals surface area contributed by atoms with Crippen LogP contribution in [-0.4, -0.2) is 37.2 Å². The smallest absolute Gasteiger partial charge is 0.0478 e. The normalized spacial score (nSPS) is 19.8. The lowest BCUT2D eigenvalue weighted by molar-refractivity contribution is 0.114. The molecule has 0 spiro atoms. The summed E-state index contributed by atoms with van der Waals surface area (Å²) >= 11 is 0. The fourth-order valence-corrected chi connectivity index (χ4v) is 2.65. The Hall–Kier alpha value is -0.900. The molecule has 1 unspecified atom stereocenters. The van der Waals surface area contributed by atoms with Crippen LogP contribution >= 0.6 is 0 Å². The molecule has 0 fully saturated rings. The maximum atomic E-state index is 5.91. The molecule has 1 aliphatic heterocycles. The molecule has 0 aromatic heterocycles. The number of hydrogen-bond donors (Lipinski definition) is 1. The standard InChI is InChI=1S/C15H24N2O/c1-2-18-9-5-8-17-12-14-7-4-3-6-13(14)10-15(17)11-16/h3-4,6-7,15H,2,5,8-12,16H2,1H3. The van der Waals surface area contributed by atoms with Gasteiger partial charge in [0.2, 0.25) is 0 Å². The van der Waals surface area contributed by atoms with Crippen molar-refractivity contribution in [2.24, 2.45) is 5.73 Å². The Labute approximate surface area is 110 Å². The Balaban J connectivity index is 1.94. The Morgan fingerprint density at radius 1 is 1.33 bits per heavy atom. The van der Waals surface area contributed by atoms with Crippen LogP contribution in [0.15, 0.2) is 24.3 Å². The lowest BCUT2D eigenvalue weighted by atomic mass is 9.94. The summed E-state index contributed by atoms with van der Waals surface area (Å²) in [5, 5.41) is 0. The van der Waals surface area contributed by atoms with Crippen molar-refractivity contribution < 1.29 is 4.74 Å². The van der Waals surface area contributed by atoms with E-state index in [1.54, 1.807) is 0 Å². The van der Waals surface area contributed by atoms with Crippen LogP contribution in [-0.2, 0) is 17.7 Å². The summed E-state index contributed by atoms with van der Waals surface area (Å²) < 4.78 is 5.40. The molecule has 0 radical (unpaired) electrons. The maximum absolute atomic E-state index is 5.91. The number of hydrogen-bond acceptors (Lipinski definition) is 3. The first-order chi connectivity index (χ1) is 8.85. The zero-order chi connectivity index (χ0) is 12.8. The van der Waals surface area contributed by atoms with Gasteiger partial charge >= 0.3 is 0 Å². The maximum Gasteiger partial charge on any atom is 0.0478 e. The summed E-state index contributed by atoms with van der Waals surface area (Å²) in [5.74, 6) is 0. The van der Waals surface area contributed by atoms with Crippen molar-refractivity contribution in [3.8, 4) is 0 Å². The van der Waals surface area contributed by atoms with Gasteiger partial charge in [0, 0.05) is 38.9 Å². The summed E-state index contributed by atoms with van der Waals surface area (Å²) in [6, 6.07) is 9.20. The number of benzene rings is 1. The molecule has 2 rings (SSSR count). The first kappa shape index (κ1) is 13.5. The van der Waals surface area contributed by atoms with Crippen LogP contribution in [0.2, 0.25) is 0 Å². The minimum atomic E-state index is 0.488. The van der Waals surface area contributed by atoms with E-state index >= 15 is 0 Å². The molecule has 3 heteroatoms. The average molecular weight is 248 g/mol. The van der Waals surface area contributed by atoms with Gasteiger partial charge < -0.3 is 10.5 Å². The third kappa shape index (κ3) is 3.31. The zero-order valence-electron chi connectivity index (χ0n) is 11.3. The van der Waals surface area contributed by atoms with Crippen molar-refractivity contribution in [2.45, 2.75) is 32.4 Å². The molecule has 1 aromatic rings. The highest BCUT2D eigenvalue weighted by Crippen LogP contribution is 2.22. The van der Waals surface area contributed by atoms with Crippen LogP contribution in [0.5, 0.6) is 0 Å². The Bertz CT molecular complexity index is 367. The van der Waals surface area contributed by atoms with E-state index in [1.807, 2.05) is 6.92 Å². The van der Waals surface area contributed by atoms with Gasteiger partial charge in [0.05, 0.1) is 0 Å². The second-order valence-electron chi connectivity index (χ2n) is 4.88. The van der Waals surface area contributed by atoms with Gasteiger partial charge in [-0.1, -0.05) is 24.3 Å².